The molecule has 3 aromatic carbocycles. The molecule has 0 fully saturated rings. The van der Waals surface area contributed by atoms with Crippen LogP contribution >= 0.6 is 11.6 Å². The number of hydrogen-bond acceptors (Lipinski definition) is 4. The van der Waals surface area contributed by atoms with E-state index in [0.717, 1.165) is 9.87 Å². The Morgan fingerprint density at radius 3 is 2.27 bits per heavy atom. The Morgan fingerprint density at radius 1 is 1.00 bits per heavy atom. The van der Waals surface area contributed by atoms with Crippen molar-refractivity contribution in [2.24, 2.45) is 0 Å². The van der Waals surface area contributed by atoms with Gasteiger partial charge in [-0.25, -0.2) is 12.8 Å². The summed E-state index contributed by atoms with van der Waals surface area (Å²) < 4.78 is 43.5. The Labute approximate surface area is 241 Å². The zero-order chi connectivity index (χ0) is 29.6. The van der Waals surface area contributed by atoms with Crippen molar-refractivity contribution in [2.75, 3.05) is 10.8 Å². The largest absolute Gasteiger partial charge is 0.352 e. The quantitative estimate of drug-likeness (QED) is 0.315. The summed E-state index contributed by atoms with van der Waals surface area (Å²) in [4.78, 5) is 28.2. The normalized spacial score (nSPS) is 12.9. The maximum absolute atomic E-state index is 14.7. The standard InChI is InChI=1S/C30H35ClFN3O4S/c1-6-22(4)33-30(37)23(5)34(18-24-9-7-8-10-27(24)32)29(36)19-35(28-17-25(31)14-13-21(28)3)40(38,39)26-15-11-20(2)12-16-26/h7-17,22-23H,6,18-19H2,1-5H3,(H,33,37)/t22-,23+/m0/s1. The summed E-state index contributed by atoms with van der Waals surface area (Å²) in [6.07, 6.45) is 0.677. The summed E-state index contributed by atoms with van der Waals surface area (Å²) >= 11 is 6.24. The van der Waals surface area contributed by atoms with E-state index < -0.39 is 40.2 Å². The fourth-order valence-electron chi connectivity index (χ4n) is 4.06. The zero-order valence-electron chi connectivity index (χ0n) is 23.3. The summed E-state index contributed by atoms with van der Waals surface area (Å²) in [6.45, 7) is 7.99. The van der Waals surface area contributed by atoms with Gasteiger partial charge in [-0.2, -0.15) is 0 Å². The van der Waals surface area contributed by atoms with E-state index in [2.05, 4.69) is 5.32 Å². The molecule has 0 bridgehead atoms. The molecule has 0 unspecified atom stereocenters. The van der Waals surface area contributed by atoms with E-state index in [9.17, 15) is 22.4 Å². The molecule has 0 heterocycles. The van der Waals surface area contributed by atoms with Crippen LogP contribution < -0.4 is 9.62 Å². The van der Waals surface area contributed by atoms with Crippen LogP contribution in [0.2, 0.25) is 5.02 Å². The minimum Gasteiger partial charge on any atom is -0.352 e. The number of amides is 2. The van der Waals surface area contributed by atoms with E-state index in [0.29, 0.717) is 17.0 Å². The first-order valence-corrected chi connectivity index (χ1v) is 14.9. The maximum Gasteiger partial charge on any atom is 0.264 e. The predicted octanol–water partition coefficient (Wildman–Crippen LogP) is 5.62. The average Bonchev–Trinajstić information content (AvgIpc) is 2.92. The second-order valence-corrected chi connectivity index (χ2v) is 12.2. The topological polar surface area (TPSA) is 86.8 Å². The Kier molecular flexibility index (Phi) is 10.3. The molecular weight excluding hydrogens is 553 g/mol. The molecule has 214 valence electrons. The van der Waals surface area contributed by atoms with Crippen LogP contribution in [0.1, 0.15) is 43.9 Å². The fraction of sp³-hybridized carbons (Fsp3) is 0.333. The Morgan fingerprint density at radius 2 is 1.65 bits per heavy atom. The van der Waals surface area contributed by atoms with Gasteiger partial charge in [-0.05, 0) is 70.0 Å². The van der Waals surface area contributed by atoms with Crippen LogP contribution in [0.3, 0.4) is 0 Å². The summed E-state index contributed by atoms with van der Waals surface area (Å²) in [5.41, 5.74) is 1.88. The lowest BCUT2D eigenvalue weighted by molar-refractivity contribution is -0.139. The van der Waals surface area contributed by atoms with E-state index in [1.54, 1.807) is 44.2 Å². The van der Waals surface area contributed by atoms with E-state index in [1.165, 1.54) is 41.3 Å². The third-order valence-electron chi connectivity index (χ3n) is 6.79. The molecule has 10 heteroatoms. The number of anilines is 1. The first kappa shape index (κ1) is 31.1. The lowest BCUT2D eigenvalue weighted by Crippen LogP contribution is -2.52. The van der Waals surface area contributed by atoms with E-state index >= 15 is 0 Å². The first-order chi connectivity index (χ1) is 18.8. The number of carbonyl (C=O) groups excluding carboxylic acids is 2. The Balaban J connectivity index is 2.08. The van der Waals surface area contributed by atoms with Gasteiger partial charge in [0.1, 0.15) is 18.4 Å². The molecule has 7 nitrogen and oxygen atoms in total. The van der Waals surface area contributed by atoms with Crippen LogP contribution in [0, 0.1) is 19.7 Å². The highest BCUT2D eigenvalue weighted by Gasteiger charge is 2.33. The number of hydrogen-bond donors (Lipinski definition) is 1. The summed E-state index contributed by atoms with van der Waals surface area (Å²) in [6, 6.07) is 15.9. The third-order valence-corrected chi connectivity index (χ3v) is 8.80. The second kappa shape index (κ2) is 13.3. The fourth-order valence-corrected chi connectivity index (χ4v) is 5.70. The van der Waals surface area contributed by atoms with Gasteiger partial charge in [0.25, 0.3) is 10.0 Å². The number of aryl methyl sites for hydroxylation is 2. The molecule has 3 rings (SSSR count). The summed E-state index contributed by atoms with van der Waals surface area (Å²) in [5.74, 6) is -1.64. The highest BCUT2D eigenvalue weighted by atomic mass is 35.5. The van der Waals surface area contributed by atoms with Gasteiger partial charge in [-0.15, -0.1) is 0 Å². The monoisotopic (exact) mass is 587 g/mol. The number of nitrogens with one attached hydrogen (secondary N) is 1. The molecule has 0 aliphatic rings. The van der Waals surface area contributed by atoms with Crippen LogP contribution in [0.15, 0.2) is 71.6 Å². The van der Waals surface area contributed by atoms with Crippen molar-refractivity contribution < 1.29 is 22.4 Å². The van der Waals surface area contributed by atoms with Crippen LogP contribution in [0.4, 0.5) is 10.1 Å². The zero-order valence-corrected chi connectivity index (χ0v) is 24.9. The number of halogens is 2. The minimum absolute atomic E-state index is 0.00603. The van der Waals surface area contributed by atoms with Gasteiger partial charge < -0.3 is 10.2 Å². The van der Waals surface area contributed by atoms with Gasteiger partial charge in [0.05, 0.1) is 10.6 Å². The highest BCUT2D eigenvalue weighted by molar-refractivity contribution is 7.92. The molecule has 2 amide bonds. The van der Waals surface area contributed by atoms with Crippen LogP contribution in [-0.4, -0.2) is 43.8 Å². The van der Waals surface area contributed by atoms with Gasteiger partial charge in [-0.3, -0.25) is 13.9 Å². The van der Waals surface area contributed by atoms with Crippen molar-refractivity contribution in [1.82, 2.24) is 10.2 Å². The van der Waals surface area contributed by atoms with Crippen LogP contribution in [-0.2, 0) is 26.2 Å². The minimum atomic E-state index is -4.24. The molecule has 0 aliphatic carbocycles. The second-order valence-electron chi connectivity index (χ2n) is 9.86. The molecular formula is C30H35ClFN3O4S. The Bertz CT molecular complexity index is 1460. The van der Waals surface area contributed by atoms with Crippen LogP contribution in [0.25, 0.3) is 0 Å². The van der Waals surface area contributed by atoms with E-state index in [1.807, 2.05) is 20.8 Å². The number of carbonyl (C=O) groups is 2. The molecule has 40 heavy (non-hydrogen) atoms. The molecule has 0 saturated heterocycles. The van der Waals surface area contributed by atoms with Crippen LogP contribution in [0.5, 0.6) is 0 Å². The average molecular weight is 588 g/mol. The lowest BCUT2D eigenvalue weighted by Gasteiger charge is -2.33. The SMILES string of the molecule is CC[C@H](C)NC(=O)[C@@H](C)N(Cc1ccccc1F)C(=O)CN(c1cc(Cl)ccc1C)S(=O)(=O)c1ccc(C)cc1. The molecule has 0 aromatic heterocycles. The molecule has 0 saturated carbocycles. The van der Waals surface area contributed by atoms with E-state index in [-0.39, 0.29) is 28.7 Å². The van der Waals surface area contributed by atoms with Gasteiger partial charge in [0.15, 0.2) is 0 Å². The number of sulfonamides is 1. The first-order valence-electron chi connectivity index (χ1n) is 13.0. The summed E-state index contributed by atoms with van der Waals surface area (Å²) in [5, 5.41) is 3.15. The van der Waals surface area contributed by atoms with Gasteiger partial charge in [0, 0.05) is 23.2 Å². The third kappa shape index (κ3) is 7.40. The van der Waals surface area contributed by atoms with Gasteiger partial charge in [0.2, 0.25) is 11.8 Å². The number of nitrogens with zero attached hydrogens (tertiary/aromatic N) is 2. The molecule has 1 N–H and O–H groups in total. The van der Waals surface area contributed by atoms with Crippen molar-refractivity contribution in [3.8, 4) is 0 Å². The van der Waals surface area contributed by atoms with Crippen molar-refractivity contribution in [1.29, 1.82) is 0 Å². The van der Waals surface area contributed by atoms with Crippen molar-refractivity contribution in [2.45, 2.75) is 64.6 Å². The van der Waals surface area contributed by atoms with Crippen molar-refractivity contribution in [3.05, 3.63) is 94.3 Å². The van der Waals surface area contributed by atoms with Crippen molar-refractivity contribution in [3.63, 3.8) is 0 Å². The number of rotatable bonds is 11. The van der Waals surface area contributed by atoms with E-state index in [4.69, 9.17) is 11.6 Å². The summed E-state index contributed by atoms with van der Waals surface area (Å²) in [7, 11) is -4.24. The lowest BCUT2D eigenvalue weighted by atomic mass is 10.1. The highest BCUT2D eigenvalue weighted by Crippen LogP contribution is 2.30. The molecule has 2 atom stereocenters. The molecule has 0 aliphatic heterocycles. The molecule has 0 radical (unpaired) electrons. The predicted molar refractivity (Wildman–Crippen MR) is 156 cm³/mol. The van der Waals surface area contributed by atoms with Gasteiger partial charge >= 0.3 is 0 Å². The van der Waals surface area contributed by atoms with Gasteiger partial charge in [-0.1, -0.05) is 60.5 Å². The van der Waals surface area contributed by atoms with Crippen molar-refractivity contribution >= 4 is 39.1 Å². The maximum atomic E-state index is 14.7. The molecule has 0 spiro atoms. The number of benzene rings is 3. The Hall–Kier alpha value is -3.43. The smallest absolute Gasteiger partial charge is 0.264 e. The molecule has 3 aromatic rings.